The van der Waals surface area contributed by atoms with Gasteiger partial charge in [-0.25, -0.2) is 0 Å². The molecule has 236 valence electrons. The molecule has 0 aliphatic carbocycles. The highest BCUT2D eigenvalue weighted by molar-refractivity contribution is 6.23. The van der Waals surface area contributed by atoms with Gasteiger partial charge < -0.3 is 8.83 Å². The molecule has 0 atom stereocenters. The Hall–Kier alpha value is -6.38. The second-order valence-corrected chi connectivity index (χ2v) is 13.3. The molecule has 0 bridgehead atoms. The van der Waals surface area contributed by atoms with Crippen molar-refractivity contribution in [3.8, 4) is 11.1 Å². The molecule has 0 saturated carbocycles. The maximum Gasteiger partial charge on any atom is 0.136 e. The highest BCUT2D eigenvalue weighted by Crippen LogP contribution is 2.44. The molecule has 2 heterocycles. The van der Waals surface area contributed by atoms with Crippen LogP contribution in [-0.2, 0) is 0 Å². The molecule has 0 aliphatic rings. The first kappa shape index (κ1) is 28.6. The maximum absolute atomic E-state index is 6.50. The van der Waals surface area contributed by atoms with E-state index in [1.807, 2.05) is 12.1 Å². The van der Waals surface area contributed by atoms with Gasteiger partial charge in [0.1, 0.15) is 22.3 Å². The van der Waals surface area contributed by atoms with Crippen molar-refractivity contribution in [2.24, 2.45) is 0 Å². The van der Waals surface area contributed by atoms with Crippen LogP contribution in [0.4, 0.5) is 0 Å². The fraction of sp³-hybridized carbons (Fsp3) is 0.0417. The summed E-state index contributed by atoms with van der Waals surface area (Å²) in [7, 11) is 0. The third-order valence-corrected chi connectivity index (χ3v) is 10.4. The average Bonchev–Trinajstić information content (AvgIpc) is 3.73. The second-order valence-electron chi connectivity index (χ2n) is 13.3. The van der Waals surface area contributed by atoms with Gasteiger partial charge in [0.05, 0.1) is 0 Å². The van der Waals surface area contributed by atoms with Crippen LogP contribution < -0.4 is 0 Å². The number of hydrogen-bond acceptors (Lipinski definition) is 2. The number of rotatable bonds is 4. The predicted molar refractivity (Wildman–Crippen MR) is 213 cm³/mol. The van der Waals surface area contributed by atoms with Crippen molar-refractivity contribution in [1.29, 1.82) is 0 Å². The Morgan fingerprint density at radius 3 is 1.76 bits per heavy atom. The molecule has 0 saturated heterocycles. The molecule has 8 aromatic carbocycles. The minimum atomic E-state index is 0.886. The number of hydrogen-bond donors (Lipinski definition) is 0. The first-order valence-corrected chi connectivity index (χ1v) is 17.2. The molecule has 2 aromatic heterocycles. The number of furan rings is 2. The Labute approximate surface area is 289 Å². The van der Waals surface area contributed by atoms with Crippen molar-refractivity contribution < 1.29 is 8.83 Å². The molecule has 50 heavy (non-hydrogen) atoms. The van der Waals surface area contributed by atoms with Crippen LogP contribution >= 0.6 is 0 Å². The van der Waals surface area contributed by atoms with Crippen molar-refractivity contribution in [2.45, 2.75) is 13.8 Å². The molecule has 0 unspecified atom stereocenters. The van der Waals surface area contributed by atoms with E-state index in [2.05, 4.69) is 159 Å². The minimum absolute atomic E-state index is 0.886. The first-order valence-electron chi connectivity index (χ1n) is 17.2. The quantitative estimate of drug-likeness (QED) is 0.141. The van der Waals surface area contributed by atoms with Crippen LogP contribution in [0.25, 0.3) is 98.5 Å². The lowest BCUT2D eigenvalue weighted by Gasteiger charge is -2.18. The van der Waals surface area contributed by atoms with Gasteiger partial charge >= 0.3 is 0 Å². The van der Waals surface area contributed by atoms with E-state index in [-0.39, 0.29) is 0 Å². The zero-order chi connectivity index (χ0) is 33.3. The zero-order valence-electron chi connectivity index (χ0n) is 27.8. The Bertz CT molecular complexity index is 2980. The Morgan fingerprint density at radius 2 is 1.00 bits per heavy atom. The number of para-hydroxylation sites is 1. The van der Waals surface area contributed by atoms with Gasteiger partial charge in [-0.05, 0) is 116 Å². The van der Waals surface area contributed by atoms with Crippen LogP contribution in [0, 0.1) is 0 Å². The Balaban J connectivity index is 1.20. The fourth-order valence-corrected chi connectivity index (χ4v) is 7.97. The molecule has 10 rings (SSSR count). The summed E-state index contributed by atoms with van der Waals surface area (Å²) in [6.45, 7) is 4.41. The van der Waals surface area contributed by atoms with E-state index in [1.165, 1.54) is 60.3 Å². The molecule has 2 nitrogen and oxygen atoms in total. The van der Waals surface area contributed by atoms with Gasteiger partial charge in [0, 0.05) is 21.5 Å². The number of benzene rings is 8. The predicted octanol–water partition coefficient (Wildman–Crippen LogP) is 14.1. The van der Waals surface area contributed by atoms with E-state index in [1.54, 1.807) is 0 Å². The summed E-state index contributed by atoms with van der Waals surface area (Å²) in [5, 5.41) is 11.8. The van der Waals surface area contributed by atoms with Crippen molar-refractivity contribution >= 4 is 87.3 Å². The van der Waals surface area contributed by atoms with Gasteiger partial charge in [0.15, 0.2) is 0 Å². The molecule has 2 heteroatoms. The van der Waals surface area contributed by atoms with E-state index >= 15 is 0 Å². The van der Waals surface area contributed by atoms with Gasteiger partial charge in [-0.15, -0.1) is 0 Å². The standard InChI is InChI=1S/C48H32O2/c1-29(31-12-4-3-5-13-31)20-21-30(2)46-34-14-6-8-16-36(34)47(37-17-9-7-15-35(37)46)33-23-24-43-40(26-33)41-28-39-32(27-45(41)50-43)22-25-44-48(39)38-18-10-11-19-42(38)49-44/h3-28H,1-2H3/b29-20+,30-21+. The third-order valence-electron chi connectivity index (χ3n) is 10.4. The molecule has 0 amide bonds. The summed E-state index contributed by atoms with van der Waals surface area (Å²) < 4.78 is 12.7. The van der Waals surface area contributed by atoms with Crippen LogP contribution in [0.15, 0.2) is 167 Å². The first-order chi connectivity index (χ1) is 24.6. The van der Waals surface area contributed by atoms with E-state index in [0.717, 1.165) is 49.3 Å². The van der Waals surface area contributed by atoms with Gasteiger partial charge in [0.25, 0.3) is 0 Å². The van der Waals surface area contributed by atoms with Crippen LogP contribution in [0.3, 0.4) is 0 Å². The molecule has 0 spiro atoms. The minimum Gasteiger partial charge on any atom is -0.456 e. The zero-order valence-corrected chi connectivity index (χ0v) is 27.8. The van der Waals surface area contributed by atoms with Crippen LogP contribution in [0.5, 0.6) is 0 Å². The van der Waals surface area contributed by atoms with E-state index < -0.39 is 0 Å². The van der Waals surface area contributed by atoms with Crippen LogP contribution in [-0.4, -0.2) is 0 Å². The normalized spacial score (nSPS) is 12.8. The lowest BCUT2D eigenvalue weighted by Crippen LogP contribution is -1.92. The highest BCUT2D eigenvalue weighted by Gasteiger charge is 2.19. The highest BCUT2D eigenvalue weighted by atomic mass is 16.3. The Kier molecular flexibility index (Phi) is 6.34. The SMILES string of the molecule is C/C(=C\C=C(/C)c1c2ccccc2c(-c2ccc3oc4cc5ccc6oc7ccccc7c6c5cc4c3c2)c2ccccc12)c1ccccc1. The molecule has 0 radical (unpaired) electrons. The summed E-state index contributed by atoms with van der Waals surface area (Å²) in [4.78, 5) is 0. The van der Waals surface area contributed by atoms with E-state index in [4.69, 9.17) is 8.83 Å². The topological polar surface area (TPSA) is 26.3 Å². The monoisotopic (exact) mass is 640 g/mol. The van der Waals surface area contributed by atoms with Crippen LogP contribution in [0.1, 0.15) is 25.0 Å². The molecule has 0 fully saturated rings. The summed E-state index contributed by atoms with van der Waals surface area (Å²) in [5.74, 6) is 0. The van der Waals surface area contributed by atoms with Crippen molar-refractivity contribution in [3.63, 3.8) is 0 Å². The Morgan fingerprint density at radius 1 is 0.420 bits per heavy atom. The molecular weight excluding hydrogens is 609 g/mol. The molecule has 0 N–H and O–H groups in total. The van der Waals surface area contributed by atoms with Gasteiger partial charge in [-0.1, -0.05) is 121 Å². The van der Waals surface area contributed by atoms with Gasteiger partial charge in [0.2, 0.25) is 0 Å². The van der Waals surface area contributed by atoms with Gasteiger partial charge in [-0.2, -0.15) is 0 Å². The van der Waals surface area contributed by atoms with Crippen molar-refractivity contribution in [1.82, 2.24) is 0 Å². The number of allylic oxidation sites excluding steroid dienone is 4. The summed E-state index contributed by atoms with van der Waals surface area (Å²) in [5.41, 5.74) is 11.0. The maximum atomic E-state index is 6.50. The lowest BCUT2D eigenvalue weighted by molar-refractivity contribution is 0.668. The summed E-state index contributed by atoms with van der Waals surface area (Å²) >= 11 is 0. The fourth-order valence-electron chi connectivity index (χ4n) is 7.97. The van der Waals surface area contributed by atoms with Crippen LogP contribution in [0.2, 0.25) is 0 Å². The summed E-state index contributed by atoms with van der Waals surface area (Å²) in [6, 6.07) is 51.9. The van der Waals surface area contributed by atoms with E-state index in [0.29, 0.717) is 0 Å². The average molecular weight is 641 g/mol. The molecule has 10 aromatic rings. The number of fused-ring (bicyclic) bond motifs is 10. The van der Waals surface area contributed by atoms with Crippen molar-refractivity contribution in [2.75, 3.05) is 0 Å². The molecule has 0 aliphatic heterocycles. The van der Waals surface area contributed by atoms with Gasteiger partial charge in [-0.3, -0.25) is 0 Å². The largest absolute Gasteiger partial charge is 0.456 e. The molecular formula is C48H32O2. The second kappa shape index (κ2) is 11.1. The van der Waals surface area contributed by atoms with E-state index in [9.17, 15) is 0 Å². The lowest BCUT2D eigenvalue weighted by atomic mass is 9.85. The smallest absolute Gasteiger partial charge is 0.136 e. The summed E-state index contributed by atoms with van der Waals surface area (Å²) in [6.07, 6.45) is 4.51. The third kappa shape index (κ3) is 4.35. The van der Waals surface area contributed by atoms with Crippen molar-refractivity contribution in [3.05, 3.63) is 169 Å².